The van der Waals surface area contributed by atoms with Crippen LogP contribution in [0.2, 0.25) is 0 Å². The maximum atomic E-state index is 6.03. The van der Waals surface area contributed by atoms with E-state index >= 15 is 0 Å². The molecule has 4 rings (SSSR count). The summed E-state index contributed by atoms with van der Waals surface area (Å²) in [5.41, 5.74) is 8.81. The van der Waals surface area contributed by atoms with Gasteiger partial charge in [0.1, 0.15) is 0 Å². The van der Waals surface area contributed by atoms with Crippen molar-refractivity contribution in [3.63, 3.8) is 0 Å². The highest BCUT2D eigenvalue weighted by atomic mass is 16.5. The van der Waals surface area contributed by atoms with Crippen molar-refractivity contribution in [2.75, 3.05) is 6.61 Å². The van der Waals surface area contributed by atoms with Gasteiger partial charge in [-0.15, -0.1) is 0 Å². The van der Waals surface area contributed by atoms with E-state index in [1.165, 1.54) is 0 Å². The number of aromatic nitrogens is 2. The van der Waals surface area contributed by atoms with E-state index in [1.54, 1.807) is 0 Å². The summed E-state index contributed by atoms with van der Waals surface area (Å²) >= 11 is 0. The molecule has 0 bridgehead atoms. The Morgan fingerprint density at radius 1 is 1.04 bits per heavy atom. The van der Waals surface area contributed by atoms with Crippen LogP contribution < -0.4 is 5.73 Å². The van der Waals surface area contributed by atoms with Gasteiger partial charge in [-0.2, -0.15) is 4.98 Å². The predicted molar refractivity (Wildman–Crippen MR) is 94.7 cm³/mol. The fraction of sp³-hybridized carbons (Fsp3) is 0.300. The summed E-state index contributed by atoms with van der Waals surface area (Å²) in [5.74, 6) is 1.34. The van der Waals surface area contributed by atoms with Gasteiger partial charge in [0.25, 0.3) is 0 Å². The van der Waals surface area contributed by atoms with Gasteiger partial charge in [0.2, 0.25) is 11.7 Å². The Morgan fingerprint density at radius 2 is 1.84 bits per heavy atom. The number of rotatable bonds is 4. The lowest BCUT2D eigenvalue weighted by atomic mass is 9.89. The minimum Gasteiger partial charge on any atom is -0.373 e. The highest BCUT2D eigenvalue weighted by Gasteiger charge is 2.33. The van der Waals surface area contributed by atoms with E-state index in [4.69, 9.17) is 15.0 Å². The molecule has 1 fully saturated rings. The van der Waals surface area contributed by atoms with Gasteiger partial charge in [-0.05, 0) is 24.0 Å². The lowest BCUT2D eigenvalue weighted by Gasteiger charge is -2.29. The van der Waals surface area contributed by atoms with Crippen LogP contribution in [0.3, 0.4) is 0 Å². The average Bonchev–Trinajstić information content (AvgIpc) is 3.19. The first kappa shape index (κ1) is 16.0. The number of nitrogens with zero attached hydrogens (tertiary/aromatic N) is 2. The van der Waals surface area contributed by atoms with Crippen molar-refractivity contribution in [3.8, 4) is 11.4 Å². The molecule has 1 saturated heterocycles. The minimum absolute atomic E-state index is 0.0390. The molecule has 128 valence electrons. The molecule has 1 aliphatic rings. The second-order valence-corrected chi connectivity index (χ2v) is 6.31. The largest absolute Gasteiger partial charge is 0.373 e. The van der Waals surface area contributed by atoms with Gasteiger partial charge in [-0.1, -0.05) is 59.8 Å². The third-order valence-corrected chi connectivity index (χ3v) is 4.66. The molecule has 3 aromatic rings. The maximum absolute atomic E-state index is 6.03. The number of hydrogen-bond donors (Lipinski definition) is 1. The number of hydrogen-bond acceptors (Lipinski definition) is 5. The van der Waals surface area contributed by atoms with Crippen LogP contribution in [-0.4, -0.2) is 16.7 Å². The average molecular weight is 335 g/mol. The quantitative estimate of drug-likeness (QED) is 0.784. The third kappa shape index (κ3) is 3.34. The van der Waals surface area contributed by atoms with Crippen LogP contribution in [0.4, 0.5) is 0 Å². The zero-order valence-electron chi connectivity index (χ0n) is 14.0. The van der Waals surface area contributed by atoms with E-state index < -0.39 is 0 Å². The Labute approximate surface area is 146 Å². The van der Waals surface area contributed by atoms with Crippen LogP contribution >= 0.6 is 0 Å². The molecule has 0 radical (unpaired) electrons. The predicted octanol–water partition coefficient (Wildman–Crippen LogP) is 3.83. The fourth-order valence-corrected chi connectivity index (χ4v) is 3.30. The zero-order valence-corrected chi connectivity index (χ0v) is 14.0. The smallest absolute Gasteiger partial charge is 0.233 e. The first-order chi connectivity index (χ1) is 12.3. The Hall–Kier alpha value is -2.50. The molecule has 1 aromatic heterocycles. The van der Waals surface area contributed by atoms with Crippen LogP contribution in [0.15, 0.2) is 59.1 Å². The van der Waals surface area contributed by atoms with E-state index in [-0.39, 0.29) is 12.0 Å². The van der Waals surface area contributed by atoms with E-state index in [2.05, 4.69) is 22.3 Å². The van der Waals surface area contributed by atoms with Crippen molar-refractivity contribution < 1.29 is 9.26 Å². The topological polar surface area (TPSA) is 74.2 Å². The Bertz CT molecular complexity index is 814. The standard InChI is InChI=1S/C20H21N3O2/c21-13-14-8-10-16(11-9-14)19-22-20(25-23-19)17-7-4-12-24-18(17)15-5-2-1-3-6-15/h1-3,5-6,8-11,17-18H,4,7,12-13,21H2. The molecule has 2 unspecified atom stereocenters. The monoisotopic (exact) mass is 335 g/mol. The molecule has 5 nitrogen and oxygen atoms in total. The molecule has 2 N–H and O–H groups in total. The summed E-state index contributed by atoms with van der Waals surface area (Å²) in [6.07, 6.45) is 1.94. The maximum Gasteiger partial charge on any atom is 0.233 e. The number of benzene rings is 2. The van der Waals surface area contributed by atoms with Crippen LogP contribution in [0.25, 0.3) is 11.4 Å². The lowest BCUT2D eigenvalue weighted by Crippen LogP contribution is -2.21. The number of ether oxygens (including phenoxy) is 1. The highest BCUT2D eigenvalue weighted by molar-refractivity contribution is 5.54. The molecular weight excluding hydrogens is 314 g/mol. The molecular formula is C20H21N3O2. The van der Waals surface area contributed by atoms with Crippen molar-refractivity contribution in [1.29, 1.82) is 0 Å². The summed E-state index contributed by atoms with van der Waals surface area (Å²) in [6, 6.07) is 18.2. The lowest BCUT2D eigenvalue weighted by molar-refractivity contribution is -0.0103. The van der Waals surface area contributed by atoms with Crippen LogP contribution in [0.5, 0.6) is 0 Å². The second-order valence-electron chi connectivity index (χ2n) is 6.31. The van der Waals surface area contributed by atoms with Crippen molar-refractivity contribution in [2.24, 2.45) is 5.73 Å². The molecule has 25 heavy (non-hydrogen) atoms. The van der Waals surface area contributed by atoms with Crippen molar-refractivity contribution in [3.05, 3.63) is 71.6 Å². The Kier molecular flexibility index (Phi) is 4.59. The Balaban J connectivity index is 1.61. The number of nitrogens with two attached hydrogens (primary N) is 1. The van der Waals surface area contributed by atoms with Crippen LogP contribution in [-0.2, 0) is 11.3 Å². The summed E-state index contributed by atoms with van der Waals surface area (Å²) in [6.45, 7) is 1.29. The van der Waals surface area contributed by atoms with Gasteiger partial charge < -0.3 is 15.0 Å². The van der Waals surface area contributed by atoms with E-state index in [0.29, 0.717) is 18.3 Å². The van der Waals surface area contributed by atoms with Gasteiger partial charge in [0.05, 0.1) is 12.0 Å². The molecule has 1 aliphatic heterocycles. The van der Waals surface area contributed by atoms with E-state index in [0.717, 1.165) is 36.1 Å². The summed E-state index contributed by atoms with van der Waals surface area (Å²) in [5, 5.41) is 4.17. The van der Waals surface area contributed by atoms with Crippen LogP contribution in [0, 0.1) is 0 Å². The van der Waals surface area contributed by atoms with Gasteiger partial charge in [0.15, 0.2) is 0 Å². The molecule has 5 heteroatoms. The first-order valence-corrected chi connectivity index (χ1v) is 8.64. The van der Waals surface area contributed by atoms with Gasteiger partial charge in [0, 0.05) is 18.7 Å². The van der Waals surface area contributed by atoms with Gasteiger partial charge in [-0.3, -0.25) is 0 Å². The molecule has 0 amide bonds. The van der Waals surface area contributed by atoms with Gasteiger partial charge in [-0.25, -0.2) is 0 Å². The van der Waals surface area contributed by atoms with Crippen LogP contribution in [0.1, 0.15) is 41.9 Å². The minimum atomic E-state index is -0.0390. The van der Waals surface area contributed by atoms with E-state index in [9.17, 15) is 0 Å². The molecule has 2 aromatic carbocycles. The summed E-state index contributed by atoms with van der Waals surface area (Å²) in [7, 11) is 0. The second kappa shape index (κ2) is 7.17. The van der Waals surface area contributed by atoms with Gasteiger partial charge >= 0.3 is 0 Å². The van der Waals surface area contributed by atoms with Crippen molar-refractivity contribution in [2.45, 2.75) is 31.4 Å². The van der Waals surface area contributed by atoms with Crippen molar-refractivity contribution in [1.82, 2.24) is 10.1 Å². The molecule has 0 saturated carbocycles. The SMILES string of the molecule is NCc1ccc(-c2noc(C3CCCOC3c3ccccc3)n2)cc1. The first-order valence-electron chi connectivity index (χ1n) is 8.64. The normalized spacial score (nSPS) is 20.5. The summed E-state index contributed by atoms with van der Waals surface area (Å²) in [4.78, 5) is 4.65. The fourth-order valence-electron chi connectivity index (χ4n) is 3.30. The summed E-state index contributed by atoms with van der Waals surface area (Å²) < 4.78 is 11.6. The Morgan fingerprint density at radius 3 is 2.60 bits per heavy atom. The molecule has 0 spiro atoms. The van der Waals surface area contributed by atoms with E-state index in [1.807, 2.05) is 42.5 Å². The van der Waals surface area contributed by atoms with Crippen molar-refractivity contribution >= 4 is 0 Å². The molecule has 0 aliphatic carbocycles. The zero-order chi connectivity index (χ0) is 17.1. The molecule has 2 heterocycles. The third-order valence-electron chi connectivity index (χ3n) is 4.66. The molecule has 2 atom stereocenters. The highest BCUT2D eigenvalue weighted by Crippen LogP contribution is 2.40.